The van der Waals surface area contributed by atoms with Gasteiger partial charge in [0.25, 0.3) is 5.91 Å². The van der Waals surface area contributed by atoms with Crippen LogP contribution >= 0.6 is 11.6 Å². The molecule has 0 bridgehead atoms. The summed E-state index contributed by atoms with van der Waals surface area (Å²) in [6, 6.07) is 9.30. The lowest BCUT2D eigenvalue weighted by Crippen LogP contribution is -2.31. The zero-order valence-corrected chi connectivity index (χ0v) is 18.1. The molecular weight excluding hydrogens is 433 g/mol. The van der Waals surface area contributed by atoms with E-state index in [0.29, 0.717) is 17.1 Å². The molecule has 2 amide bonds. The van der Waals surface area contributed by atoms with Gasteiger partial charge in [-0.15, -0.1) is 0 Å². The first-order valence-corrected chi connectivity index (χ1v) is 11.1. The maximum atomic E-state index is 14.0. The summed E-state index contributed by atoms with van der Waals surface area (Å²) in [6.45, 7) is 3.42. The maximum absolute atomic E-state index is 14.0. The highest BCUT2D eigenvalue weighted by molar-refractivity contribution is 7.89. The van der Waals surface area contributed by atoms with E-state index in [1.807, 2.05) is 0 Å². The third-order valence-corrected chi connectivity index (χ3v) is 5.79. The van der Waals surface area contributed by atoms with Crippen LogP contribution in [0.2, 0.25) is 5.02 Å². The fourth-order valence-corrected chi connectivity index (χ4v) is 3.93. The Morgan fingerprint density at radius 1 is 1.10 bits per heavy atom. The molecule has 10 heteroatoms. The molecule has 0 heterocycles. The van der Waals surface area contributed by atoms with Crippen LogP contribution in [0.15, 0.2) is 47.4 Å². The summed E-state index contributed by atoms with van der Waals surface area (Å²) in [7, 11) is -3.86. The standard InChI is InChI=1S/C20H23ClFN3O4S/c1-13(2)25-30(28,29)16-9-10-18(22)17(12-16)20(27)23-11-3-4-19(26)24-15-7-5-14(21)6-8-15/h5-10,12-13,25H,3-4,11H2,1-2H3,(H,23,27)(H,24,26). The molecule has 2 rings (SSSR count). The van der Waals surface area contributed by atoms with Gasteiger partial charge in [0, 0.05) is 29.7 Å². The van der Waals surface area contributed by atoms with Crippen LogP contribution in [0.1, 0.15) is 37.0 Å². The molecule has 0 aliphatic heterocycles. The summed E-state index contributed by atoms with van der Waals surface area (Å²) in [5, 5.41) is 5.74. The molecule has 2 aromatic rings. The SMILES string of the molecule is CC(C)NS(=O)(=O)c1ccc(F)c(C(=O)NCCCC(=O)Nc2ccc(Cl)cc2)c1. The normalized spacial score (nSPS) is 11.4. The zero-order chi connectivity index (χ0) is 22.3. The van der Waals surface area contributed by atoms with Crippen LogP contribution < -0.4 is 15.4 Å². The van der Waals surface area contributed by atoms with Crippen LogP contribution in [0.5, 0.6) is 0 Å². The third-order valence-electron chi connectivity index (χ3n) is 3.88. The van der Waals surface area contributed by atoms with E-state index in [1.54, 1.807) is 38.1 Å². The van der Waals surface area contributed by atoms with Crippen LogP contribution in [0.25, 0.3) is 0 Å². The van der Waals surface area contributed by atoms with Gasteiger partial charge < -0.3 is 10.6 Å². The lowest BCUT2D eigenvalue weighted by molar-refractivity contribution is -0.116. The van der Waals surface area contributed by atoms with Crippen molar-refractivity contribution in [1.29, 1.82) is 0 Å². The minimum atomic E-state index is -3.86. The van der Waals surface area contributed by atoms with E-state index in [1.165, 1.54) is 0 Å². The second-order valence-corrected chi connectivity index (χ2v) is 8.98. The highest BCUT2D eigenvalue weighted by atomic mass is 35.5. The quantitative estimate of drug-likeness (QED) is 0.504. The summed E-state index contributed by atoms with van der Waals surface area (Å²) in [5.74, 6) is -1.84. The van der Waals surface area contributed by atoms with Crippen LogP contribution in [0.3, 0.4) is 0 Å². The molecule has 0 unspecified atom stereocenters. The summed E-state index contributed by atoms with van der Waals surface area (Å²) in [5.41, 5.74) is 0.218. The molecule has 0 saturated carbocycles. The highest BCUT2D eigenvalue weighted by Crippen LogP contribution is 2.16. The van der Waals surface area contributed by atoms with Crippen LogP contribution in [-0.2, 0) is 14.8 Å². The Morgan fingerprint density at radius 2 is 1.77 bits per heavy atom. The predicted octanol–water partition coefficient (Wildman–Crippen LogP) is 3.31. The second-order valence-electron chi connectivity index (χ2n) is 6.83. The molecule has 0 saturated heterocycles. The fraction of sp³-hybridized carbons (Fsp3) is 0.300. The summed E-state index contributed by atoms with van der Waals surface area (Å²) in [6.07, 6.45) is 0.456. The first-order chi connectivity index (χ1) is 14.1. The first kappa shape index (κ1) is 23.8. The van der Waals surface area contributed by atoms with Gasteiger partial charge in [0.05, 0.1) is 10.5 Å². The number of hydrogen-bond acceptors (Lipinski definition) is 4. The van der Waals surface area contributed by atoms with Crippen molar-refractivity contribution >= 4 is 39.1 Å². The number of hydrogen-bond donors (Lipinski definition) is 3. The molecule has 0 atom stereocenters. The Bertz CT molecular complexity index is 1010. The van der Waals surface area contributed by atoms with Crippen molar-refractivity contribution in [3.05, 3.63) is 58.9 Å². The van der Waals surface area contributed by atoms with E-state index in [9.17, 15) is 22.4 Å². The van der Waals surface area contributed by atoms with Crippen LogP contribution in [-0.4, -0.2) is 32.8 Å². The molecule has 30 heavy (non-hydrogen) atoms. The van der Waals surface area contributed by atoms with Crippen molar-refractivity contribution in [2.75, 3.05) is 11.9 Å². The number of halogens is 2. The lowest BCUT2D eigenvalue weighted by atomic mass is 10.2. The molecule has 0 aromatic heterocycles. The molecular formula is C20H23ClFN3O4S. The molecule has 7 nitrogen and oxygen atoms in total. The van der Waals surface area contributed by atoms with Gasteiger partial charge in [0.2, 0.25) is 15.9 Å². The average molecular weight is 456 g/mol. The van der Waals surface area contributed by atoms with Gasteiger partial charge in [0.1, 0.15) is 5.82 Å². The number of carbonyl (C=O) groups excluding carboxylic acids is 2. The lowest BCUT2D eigenvalue weighted by Gasteiger charge is -2.11. The topological polar surface area (TPSA) is 104 Å². The number of nitrogens with one attached hydrogen (secondary N) is 3. The minimum Gasteiger partial charge on any atom is -0.352 e. The van der Waals surface area contributed by atoms with Crippen molar-refractivity contribution in [2.24, 2.45) is 0 Å². The number of anilines is 1. The van der Waals surface area contributed by atoms with Crippen molar-refractivity contribution in [3.8, 4) is 0 Å². The Hall–Kier alpha value is -2.49. The minimum absolute atomic E-state index is 0.119. The zero-order valence-electron chi connectivity index (χ0n) is 16.5. The van der Waals surface area contributed by atoms with Crippen LogP contribution in [0, 0.1) is 5.82 Å². The van der Waals surface area contributed by atoms with E-state index in [-0.39, 0.29) is 35.4 Å². The number of sulfonamides is 1. The van der Waals surface area contributed by atoms with Gasteiger partial charge in [-0.2, -0.15) is 0 Å². The Kier molecular flexibility index (Phi) is 8.33. The molecule has 0 aliphatic carbocycles. The second kappa shape index (κ2) is 10.5. The summed E-state index contributed by atoms with van der Waals surface area (Å²) >= 11 is 5.78. The van der Waals surface area contributed by atoms with E-state index in [4.69, 9.17) is 11.6 Å². The van der Waals surface area contributed by atoms with Gasteiger partial charge in [-0.1, -0.05) is 11.6 Å². The monoisotopic (exact) mass is 455 g/mol. The van der Waals surface area contributed by atoms with Gasteiger partial charge in [0.15, 0.2) is 0 Å². The molecule has 162 valence electrons. The van der Waals surface area contributed by atoms with E-state index < -0.39 is 21.7 Å². The third kappa shape index (κ3) is 7.08. The summed E-state index contributed by atoms with van der Waals surface area (Å²) in [4.78, 5) is 24.0. The van der Waals surface area contributed by atoms with Gasteiger partial charge in [-0.3, -0.25) is 9.59 Å². The maximum Gasteiger partial charge on any atom is 0.254 e. The smallest absolute Gasteiger partial charge is 0.254 e. The molecule has 0 fully saturated rings. The van der Waals surface area contributed by atoms with Crippen LogP contribution in [0.4, 0.5) is 10.1 Å². The first-order valence-electron chi connectivity index (χ1n) is 9.24. The number of rotatable bonds is 9. The van der Waals surface area contributed by atoms with Crippen molar-refractivity contribution < 1.29 is 22.4 Å². The number of benzene rings is 2. The molecule has 0 spiro atoms. The Morgan fingerprint density at radius 3 is 2.40 bits per heavy atom. The summed E-state index contributed by atoms with van der Waals surface area (Å²) < 4.78 is 40.8. The van der Waals surface area contributed by atoms with E-state index in [0.717, 1.165) is 18.2 Å². The van der Waals surface area contributed by atoms with Gasteiger partial charge in [-0.05, 0) is 62.7 Å². The van der Waals surface area contributed by atoms with E-state index in [2.05, 4.69) is 15.4 Å². The molecule has 2 aromatic carbocycles. The van der Waals surface area contributed by atoms with Crippen molar-refractivity contribution in [3.63, 3.8) is 0 Å². The molecule has 0 aliphatic rings. The average Bonchev–Trinajstić information content (AvgIpc) is 2.66. The Labute approximate surface area is 180 Å². The van der Waals surface area contributed by atoms with Gasteiger partial charge in [-0.25, -0.2) is 17.5 Å². The molecule has 3 N–H and O–H groups in total. The number of amides is 2. The van der Waals surface area contributed by atoms with Crippen molar-refractivity contribution in [2.45, 2.75) is 37.6 Å². The van der Waals surface area contributed by atoms with Gasteiger partial charge >= 0.3 is 0 Å². The molecule has 0 radical (unpaired) electrons. The fourth-order valence-electron chi connectivity index (χ4n) is 2.53. The highest BCUT2D eigenvalue weighted by Gasteiger charge is 2.20. The predicted molar refractivity (Wildman–Crippen MR) is 114 cm³/mol. The van der Waals surface area contributed by atoms with Crippen molar-refractivity contribution in [1.82, 2.24) is 10.0 Å². The largest absolute Gasteiger partial charge is 0.352 e. The Balaban J connectivity index is 1.89. The van der Waals surface area contributed by atoms with E-state index >= 15 is 0 Å². The number of carbonyl (C=O) groups is 2.